The van der Waals surface area contributed by atoms with Crippen LogP contribution in [0.3, 0.4) is 0 Å². The molecule has 0 aromatic heterocycles. The predicted molar refractivity (Wildman–Crippen MR) is 98.5 cm³/mol. The molecule has 158 valence electrons. The van der Waals surface area contributed by atoms with Gasteiger partial charge >= 0.3 is 6.09 Å². The van der Waals surface area contributed by atoms with Crippen molar-refractivity contribution in [2.75, 3.05) is 55.7 Å². The molecule has 3 amide bonds. The molecule has 2 heterocycles. The van der Waals surface area contributed by atoms with Gasteiger partial charge in [0.2, 0.25) is 11.8 Å². The minimum atomic E-state index is -0.833. The number of hydrogen-bond donors (Lipinski definition) is 2. The van der Waals surface area contributed by atoms with E-state index in [1.54, 1.807) is 0 Å². The Morgan fingerprint density at radius 3 is 2.38 bits per heavy atom. The van der Waals surface area contributed by atoms with Gasteiger partial charge in [-0.05, 0) is 0 Å². The first kappa shape index (κ1) is 20.8. The van der Waals surface area contributed by atoms with Crippen molar-refractivity contribution in [3.63, 3.8) is 0 Å². The van der Waals surface area contributed by atoms with Gasteiger partial charge in [0.25, 0.3) is 0 Å². The Morgan fingerprint density at radius 1 is 1.21 bits per heavy atom. The van der Waals surface area contributed by atoms with E-state index in [1.165, 1.54) is 16.7 Å². The van der Waals surface area contributed by atoms with Gasteiger partial charge in [-0.2, -0.15) is 0 Å². The van der Waals surface area contributed by atoms with Crippen LogP contribution in [-0.4, -0.2) is 79.9 Å². The van der Waals surface area contributed by atoms with Gasteiger partial charge < -0.3 is 25.0 Å². The molecule has 3 rings (SSSR count). The summed E-state index contributed by atoms with van der Waals surface area (Å²) in [5.41, 5.74) is -0.208. The van der Waals surface area contributed by atoms with Crippen molar-refractivity contribution in [1.29, 1.82) is 0 Å². The summed E-state index contributed by atoms with van der Waals surface area (Å²) < 4.78 is 34.5. The van der Waals surface area contributed by atoms with E-state index < -0.39 is 36.3 Å². The molecule has 9 nitrogen and oxygen atoms in total. The van der Waals surface area contributed by atoms with Crippen LogP contribution in [0.5, 0.6) is 0 Å². The van der Waals surface area contributed by atoms with E-state index in [4.69, 9.17) is 9.84 Å². The molecule has 11 heteroatoms. The minimum absolute atomic E-state index is 0.0215. The normalized spacial score (nSPS) is 19.4. The number of aliphatic hydroxyl groups is 1. The number of halogens is 2. The number of carbonyl (C=O) groups is 3. The van der Waals surface area contributed by atoms with Crippen LogP contribution in [0.25, 0.3) is 0 Å². The molecule has 1 aromatic carbocycles. The number of anilines is 2. The number of cyclic esters (lactones) is 1. The lowest BCUT2D eigenvalue weighted by Crippen LogP contribution is -2.50. The number of piperazine rings is 1. The maximum Gasteiger partial charge on any atom is 0.414 e. The summed E-state index contributed by atoms with van der Waals surface area (Å²) in [5, 5.41) is 11.4. The van der Waals surface area contributed by atoms with Gasteiger partial charge in [0, 0.05) is 45.2 Å². The molecule has 0 bridgehead atoms. The molecule has 0 saturated carbocycles. The maximum absolute atomic E-state index is 14.7. The zero-order valence-electron chi connectivity index (χ0n) is 15.9. The van der Waals surface area contributed by atoms with Gasteiger partial charge in [-0.15, -0.1) is 0 Å². The van der Waals surface area contributed by atoms with E-state index in [9.17, 15) is 23.2 Å². The first-order valence-electron chi connectivity index (χ1n) is 9.15. The third-order valence-electron chi connectivity index (χ3n) is 4.85. The predicted octanol–water partition coefficient (Wildman–Crippen LogP) is 0.0670. The standard InChI is InChI=1S/C18H22F2N4O5/c1-11(26)21-8-13-9-24(18(28)29-13)12-6-14(19)17(15(20)7-12)23-4-2-22(3-5-23)16(27)10-25/h6-7,13,25H,2-5,8-10H2,1H3,(H,21,26)/t13-/m0/s1. The van der Waals surface area contributed by atoms with Gasteiger partial charge in [-0.3, -0.25) is 14.5 Å². The Morgan fingerprint density at radius 2 is 1.83 bits per heavy atom. The van der Waals surface area contributed by atoms with Crippen LogP contribution < -0.4 is 15.1 Å². The molecular weight excluding hydrogens is 390 g/mol. The van der Waals surface area contributed by atoms with Crippen LogP contribution >= 0.6 is 0 Å². The summed E-state index contributed by atoms with van der Waals surface area (Å²) in [6.45, 7) is 1.79. The fourth-order valence-electron chi connectivity index (χ4n) is 3.39. The number of rotatable bonds is 5. The lowest BCUT2D eigenvalue weighted by Gasteiger charge is -2.36. The van der Waals surface area contributed by atoms with Crippen molar-refractivity contribution in [3.8, 4) is 0 Å². The summed E-state index contributed by atoms with van der Waals surface area (Å²) in [4.78, 5) is 38.6. The fourth-order valence-corrected chi connectivity index (χ4v) is 3.39. The van der Waals surface area contributed by atoms with Gasteiger partial charge in [0.1, 0.15) is 18.4 Å². The number of aliphatic hydroxyl groups excluding tert-OH is 1. The number of amides is 3. The molecular formula is C18H22F2N4O5. The fraction of sp³-hybridized carbons (Fsp3) is 0.500. The first-order valence-corrected chi connectivity index (χ1v) is 9.15. The van der Waals surface area contributed by atoms with Crippen molar-refractivity contribution in [3.05, 3.63) is 23.8 Å². The van der Waals surface area contributed by atoms with Crippen LogP contribution in [0.1, 0.15) is 6.92 Å². The van der Waals surface area contributed by atoms with E-state index in [2.05, 4.69) is 5.32 Å². The van der Waals surface area contributed by atoms with Crippen LogP contribution in [0.4, 0.5) is 25.0 Å². The Kier molecular flexibility index (Phi) is 6.16. The maximum atomic E-state index is 14.7. The van der Waals surface area contributed by atoms with Crippen molar-refractivity contribution in [2.24, 2.45) is 0 Å². The summed E-state index contributed by atoms with van der Waals surface area (Å²) in [5.74, 6) is -2.37. The zero-order valence-corrected chi connectivity index (χ0v) is 15.9. The van der Waals surface area contributed by atoms with Gasteiger partial charge in [0.15, 0.2) is 11.6 Å². The number of ether oxygens (including phenoxy) is 1. The number of nitrogens with one attached hydrogen (secondary N) is 1. The Balaban J connectivity index is 1.71. The highest BCUT2D eigenvalue weighted by Gasteiger charge is 2.34. The van der Waals surface area contributed by atoms with Crippen molar-refractivity contribution >= 4 is 29.3 Å². The molecule has 1 aromatic rings. The van der Waals surface area contributed by atoms with Crippen LogP contribution in [0, 0.1) is 11.6 Å². The molecule has 2 aliphatic heterocycles. The molecule has 2 fully saturated rings. The smallest absolute Gasteiger partial charge is 0.414 e. The minimum Gasteiger partial charge on any atom is -0.442 e. The Bertz CT molecular complexity index is 790. The molecule has 2 aliphatic rings. The third-order valence-corrected chi connectivity index (χ3v) is 4.85. The van der Waals surface area contributed by atoms with Crippen molar-refractivity contribution in [1.82, 2.24) is 10.2 Å². The lowest BCUT2D eigenvalue weighted by atomic mass is 10.2. The largest absolute Gasteiger partial charge is 0.442 e. The van der Waals surface area contributed by atoms with Crippen molar-refractivity contribution < 1.29 is 33.0 Å². The highest BCUT2D eigenvalue weighted by Crippen LogP contribution is 2.31. The average Bonchev–Trinajstić information content (AvgIpc) is 3.06. The van der Waals surface area contributed by atoms with E-state index >= 15 is 0 Å². The van der Waals surface area contributed by atoms with E-state index in [0.29, 0.717) is 0 Å². The highest BCUT2D eigenvalue weighted by atomic mass is 19.1. The number of hydrogen-bond acceptors (Lipinski definition) is 6. The molecule has 0 aliphatic carbocycles. The topological polar surface area (TPSA) is 102 Å². The van der Waals surface area contributed by atoms with Crippen LogP contribution in [-0.2, 0) is 14.3 Å². The van der Waals surface area contributed by atoms with E-state index in [-0.39, 0.29) is 56.6 Å². The van der Waals surface area contributed by atoms with E-state index in [1.807, 2.05) is 0 Å². The van der Waals surface area contributed by atoms with Crippen molar-refractivity contribution in [2.45, 2.75) is 13.0 Å². The SMILES string of the molecule is CC(=O)NC[C@H]1CN(c2cc(F)c(N3CCN(C(=O)CO)CC3)c(F)c2)C(=O)O1. The number of nitrogens with zero attached hydrogens (tertiary/aromatic N) is 3. The summed E-state index contributed by atoms with van der Waals surface area (Å²) in [6, 6.07) is 2.12. The second-order valence-corrected chi connectivity index (χ2v) is 6.84. The molecule has 0 spiro atoms. The summed E-state index contributed by atoms with van der Waals surface area (Å²) in [7, 11) is 0. The van der Waals surface area contributed by atoms with Crippen LogP contribution in [0.15, 0.2) is 12.1 Å². The lowest BCUT2D eigenvalue weighted by molar-refractivity contribution is -0.134. The molecule has 29 heavy (non-hydrogen) atoms. The second-order valence-electron chi connectivity index (χ2n) is 6.84. The molecule has 1 atom stereocenters. The highest BCUT2D eigenvalue weighted by molar-refractivity contribution is 5.90. The molecule has 0 radical (unpaired) electrons. The molecule has 0 unspecified atom stereocenters. The first-order chi connectivity index (χ1) is 13.8. The summed E-state index contributed by atoms with van der Waals surface area (Å²) in [6.07, 6.45) is -1.36. The van der Waals surface area contributed by atoms with Crippen LogP contribution in [0.2, 0.25) is 0 Å². The second kappa shape index (κ2) is 8.60. The average molecular weight is 412 g/mol. The summed E-state index contributed by atoms with van der Waals surface area (Å²) >= 11 is 0. The molecule has 2 N–H and O–H groups in total. The van der Waals surface area contributed by atoms with Gasteiger partial charge in [-0.25, -0.2) is 13.6 Å². The quantitative estimate of drug-likeness (QED) is 0.710. The Labute approximate surface area is 165 Å². The number of carbonyl (C=O) groups excluding carboxylic acids is 3. The van der Waals surface area contributed by atoms with E-state index in [0.717, 1.165) is 17.0 Å². The number of benzene rings is 1. The monoisotopic (exact) mass is 412 g/mol. The van der Waals surface area contributed by atoms with Gasteiger partial charge in [0.05, 0.1) is 18.8 Å². The zero-order chi connectivity index (χ0) is 21.1. The Hall–Kier alpha value is -2.95. The molecule has 2 saturated heterocycles. The van der Waals surface area contributed by atoms with Gasteiger partial charge in [-0.1, -0.05) is 0 Å². The third kappa shape index (κ3) is 4.56.